The monoisotopic (exact) mass is 376 g/mol. The normalized spacial score (nSPS) is 16.0. The Morgan fingerprint density at radius 3 is 2.57 bits per heavy atom. The molecule has 1 atom stereocenters. The fraction of sp³-hybridized carbons (Fsp3) is 0.318. The van der Waals surface area contributed by atoms with Gasteiger partial charge in [-0.2, -0.15) is 0 Å². The van der Waals surface area contributed by atoms with Gasteiger partial charge in [-0.25, -0.2) is 0 Å². The predicted molar refractivity (Wildman–Crippen MR) is 106 cm³/mol. The van der Waals surface area contributed by atoms with E-state index in [1.165, 1.54) is 5.56 Å². The van der Waals surface area contributed by atoms with Gasteiger partial charge in [-0.15, -0.1) is 10.2 Å². The summed E-state index contributed by atoms with van der Waals surface area (Å²) in [7, 11) is 0. The molecule has 0 fully saturated rings. The van der Waals surface area contributed by atoms with Gasteiger partial charge in [0.05, 0.1) is 12.6 Å². The molecule has 6 nitrogen and oxygen atoms in total. The summed E-state index contributed by atoms with van der Waals surface area (Å²) in [6.45, 7) is 3.13. The first kappa shape index (κ1) is 18.2. The first-order valence-corrected chi connectivity index (χ1v) is 9.60. The number of hydrogen-bond donors (Lipinski definition) is 1. The second kappa shape index (κ2) is 7.84. The van der Waals surface area contributed by atoms with Gasteiger partial charge in [0.1, 0.15) is 11.6 Å². The molecule has 1 aromatic heterocycles. The summed E-state index contributed by atoms with van der Waals surface area (Å²) >= 11 is 0. The zero-order valence-electron chi connectivity index (χ0n) is 16.0. The van der Waals surface area contributed by atoms with E-state index in [0.29, 0.717) is 25.9 Å². The van der Waals surface area contributed by atoms with Crippen LogP contribution in [0.25, 0.3) is 0 Å². The van der Waals surface area contributed by atoms with Gasteiger partial charge < -0.3 is 14.6 Å². The number of hydrogen-bond acceptors (Lipinski definition) is 4. The van der Waals surface area contributed by atoms with Gasteiger partial charge >= 0.3 is 0 Å². The number of carbonyl (C=O) groups excluding carboxylic acids is 1. The van der Waals surface area contributed by atoms with Crippen molar-refractivity contribution in [3.8, 4) is 5.75 Å². The van der Waals surface area contributed by atoms with Gasteiger partial charge in [-0.1, -0.05) is 42.5 Å². The molecular formula is C22H24N4O2. The maximum atomic E-state index is 12.9. The summed E-state index contributed by atoms with van der Waals surface area (Å²) in [5.41, 5.74) is 2.29. The first-order chi connectivity index (χ1) is 13.6. The number of phenols is 1. The van der Waals surface area contributed by atoms with Crippen molar-refractivity contribution in [2.45, 2.75) is 38.8 Å². The van der Waals surface area contributed by atoms with E-state index in [0.717, 1.165) is 23.6 Å². The Labute approximate surface area is 164 Å². The van der Waals surface area contributed by atoms with E-state index in [1.807, 2.05) is 42.2 Å². The number of fused-ring (bicyclic) bond motifs is 1. The van der Waals surface area contributed by atoms with E-state index in [9.17, 15) is 9.90 Å². The van der Waals surface area contributed by atoms with Crippen LogP contribution in [0.4, 0.5) is 0 Å². The van der Waals surface area contributed by atoms with Crippen LogP contribution >= 0.6 is 0 Å². The number of benzene rings is 2. The molecule has 6 heteroatoms. The second-order valence-corrected chi connectivity index (χ2v) is 7.32. The van der Waals surface area contributed by atoms with Crippen molar-refractivity contribution < 1.29 is 9.90 Å². The fourth-order valence-electron chi connectivity index (χ4n) is 3.87. The Balaban J connectivity index is 1.47. The molecule has 0 saturated carbocycles. The average Bonchev–Trinajstić information content (AvgIpc) is 3.09. The molecule has 0 spiro atoms. The maximum absolute atomic E-state index is 12.9. The van der Waals surface area contributed by atoms with E-state index in [1.54, 1.807) is 12.1 Å². The van der Waals surface area contributed by atoms with Crippen molar-refractivity contribution in [1.82, 2.24) is 19.7 Å². The molecule has 2 heterocycles. The molecule has 1 aliphatic rings. The highest BCUT2D eigenvalue weighted by atomic mass is 16.3. The Kier molecular flexibility index (Phi) is 5.10. The lowest BCUT2D eigenvalue weighted by Crippen LogP contribution is -2.42. The van der Waals surface area contributed by atoms with Crippen LogP contribution in [0.3, 0.4) is 0 Å². The quantitative estimate of drug-likeness (QED) is 0.743. The molecule has 0 radical (unpaired) electrons. The van der Waals surface area contributed by atoms with E-state index in [4.69, 9.17) is 0 Å². The van der Waals surface area contributed by atoms with Gasteiger partial charge in [0.2, 0.25) is 5.91 Å². The molecule has 3 aromatic rings. The second-order valence-electron chi connectivity index (χ2n) is 7.32. The van der Waals surface area contributed by atoms with Crippen molar-refractivity contribution in [2.24, 2.45) is 0 Å². The van der Waals surface area contributed by atoms with Gasteiger partial charge in [0.15, 0.2) is 5.82 Å². The summed E-state index contributed by atoms with van der Waals surface area (Å²) in [5.74, 6) is 2.11. The van der Waals surface area contributed by atoms with E-state index in [2.05, 4.69) is 26.9 Å². The minimum Gasteiger partial charge on any atom is -0.508 e. The van der Waals surface area contributed by atoms with Crippen LogP contribution in [0.1, 0.15) is 35.2 Å². The Hall–Kier alpha value is -3.15. The van der Waals surface area contributed by atoms with Crippen LogP contribution in [0.15, 0.2) is 54.6 Å². The molecule has 4 rings (SSSR count). The molecule has 0 unspecified atom stereocenters. The highest BCUT2D eigenvalue weighted by molar-refractivity contribution is 5.76. The Bertz CT molecular complexity index is 950. The SMILES string of the molecule is Cc1nnc2n1[C@H](Cc1ccccc1)CN(C(=O)CCc1ccc(O)cc1)C2. The van der Waals surface area contributed by atoms with Gasteiger partial charge in [0.25, 0.3) is 0 Å². The summed E-state index contributed by atoms with van der Waals surface area (Å²) in [6, 6.07) is 17.5. The van der Waals surface area contributed by atoms with E-state index in [-0.39, 0.29) is 17.7 Å². The number of aromatic hydroxyl groups is 1. The van der Waals surface area contributed by atoms with Crippen molar-refractivity contribution in [3.63, 3.8) is 0 Å². The molecule has 1 amide bonds. The molecule has 28 heavy (non-hydrogen) atoms. The number of aromatic nitrogens is 3. The largest absolute Gasteiger partial charge is 0.508 e. The summed E-state index contributed by atoms with van der Waals surface area (Å²) in [6.07, 6.45) is 1.94. The molecular weight excluding hydrogens is 352 g/mol. The average molecular weight is 376 g/mol. The topological polar surface area (TPSA) is 71.2 Å². The van der Waals surface area contributed by atoms with Crippen molar-refractivity contribution in [3.05, 3.63) is 77.4 Å². The number of amides is 1. The third-order valence-corrected chi connectivity index (χ3v) is 5.30. The van der Waals surface area contributed by atoms with Gasteiger partial charge in [0, 0.05) is 13.0 Å². The van der Waals surface area contributed by atoms with Crippen LogP contribution in [-0.4, -0.2) is 37.2 Å². The Morgan fingerprint density at radius 2 is 1.82 bits per heavy atom. The first-order valence-electron chi connectivity index (χ1n) is 9.60. The number of phenolic OH excluding ortho intramolecular Hbond substituents is 1. The molecule has 0 bridgehead atoms. The van der Waals surface area contributed by atoms with E-state index < -0.39 is 0 Å². The zero-order valence-corrected chi connectivity index (χ0v) is 16.0. The third kappa shape index (κ3) is 3.91. The summed E-state index contributed by atoms with van der Waals surface area (Å²) in [5, 5.41) is 17.9. The molecule has 1 aliphatic heterocycles. The van der Waals surface area contributed by atoms with Crippen LogP contribution in [0.5, 0.6) is 5.75 Å². The molecule has 1 N–H and O–H groups in total. The standard InChI is InChI=1S/C22H24N4O2/c1-16-23-24-21-15-25(22(28)12-9-17-7-10-20(27)11-8-17)14-19(26(16)21)13-18-5-3-2-4-6-18/h2-8,10-11,19,27H,9,12-15H2,1H3/t19-/m1/s1. The van der Waals surface area contributed by atoms with Crippen molar-refractivity contribution in [2.75, 3.05) is 6.54 Å². The zero-order chi connectivity index (χ0) is 19.5. The van der Waals surface area contributed by atoms with Crippen LogP contribution in [0, 0.1) is 6.92 Å². The fourth-order valence-corrected chi connectivity index (χ4v) is 3.87. The number of nitrogens with zero attached hydrogens (tertiary/aromatic N) is 4. The number of aryl methyl sites for hydroxylation is 2. The molecule has 2 aromatic carbocycles. The number of carbonyl (C=O) groups is 1. The highest BCUT2D eigenvalue weighted by Crippen LogP contribution is 2.26. The van der Waals surface area contributed by atoms with Gasteiger partial charge in [-0.05, 0) is 43.0 Å². The summed E-state index contributed by atoms with van der Waals surface area (Å²) < 4.78 is 2.18. The lowest BCUT2D eigenvalue weighted by atomic mass is 10.0. The lowest BCUT2D eigenvalue weighted by Gasteiger charge is -2.34. The Morgan fingerprint density at radius 1 is 1.07 bits per heavy atom. The van der Waals surface area contributed by atoms with Crippen molar-refractivity contribution >= 4 is 5.91 Å². The molecule has 144 valence electrons. The third-order valence-electron chi connectivity index (χ3n) is 5.30. The lowest BCUT2D eigenvalue weighted by molar-refractivity contribution is -0.133. The minimum absolute atomic E-state index is 0.123. The van der Waals surface area contributed by atoms with Crippen LogP contribution < -0.4 is 0 Å². The molecule has 0 saturated heterocycles. The van der Waals surface area contributed by atoms with Crippen molar-refractivity contribution in [1.29, 1.82) is 0 Å². The summed E-state index contributed by atoms with van der Waals surface area (Å²) in [4.78, 5) is 14.8. The number of rotatable bonds is 5. The molecule has 0 aliphatic carbocycles. The predicted octanol–water partition coefficient (Wildman–Crippen LogP) is 3.05. The van der Waals surface area contributed by atoms with Crippen LogP contribution in [-0.2, 0) is 24.2 Å². The van der Waals surface area contributed by atoms with Gasteiger partial charge in [-0.3, -0.25) is 4.79 Å². The van der Waals surface area contributed by atoms with E-state index >= 15 is 0 Å². The highest BCUT2D eigenvalue weighted by Gasteiger charge is 2.30. The maximum Gasteiger partial charge on any atom is 0.223 e. The smallest absolute Gasteiger partial charge is 0.223 e. The van der Waals surface area contributed by atoms with Crippen LogP contribution in [0.2, 0.25) is 0 Å². The minimum atomic E-state index is 0.123.